The lowest BCUT2D eigenvalue weighted by Gasteiger charge is -2.10. The lowest BCUT2D eigenvalue weighted by Crippen LogP contribution is -2.12. The van der Waals surface area contributed by atoms with Gasteiger partial charge in [0.2, 0.25) is 0 Å². The molecule has 0 aliphatic rings. The molecule has 0 amide bonds. The fourth-order valence-electron chi connectivity index (χ4n) is 2.31. The maximum Gasteiger partial charge on any atom is 0.352 e. The standard InChI is InChI=1S/C14H17NO4/c1-9-6-11(19-3)7-10-8-12(14(16)17)15(13(9)10)4-5-18-2/h6-8H,4-5H2,1-3H3,(H,16,17). The van der Waals surface area contributed by atoms with Crippen LogP contribution < -0.4 is 4.74 Å². The minimum absolute atomic E-state index is 0.267. The molecule has 0 spiro atoms. The Morgan fingerprint density at radius 3 is 2.63 bits per heavy atom. The van der Waals surface area contributed by atoms with Crippen molar-refractivity contribution in [2.24, 2.45) is 0 Å². The van der Waals surface area contributed by atoms with Crippen molar-refractivity contribution in [2.75, 3.05) is 20.8 Å². The lowest BCUT2D eigenvalue weighted by molar-refractivity contribution is 0.0683. The summed E-state index contributed by atoms with van der Waals surface area (Å²) < 4.78 is 12.0. The van der Waals surface area contributed by atoms with Gasteiger partial charge in [-0.15, -0.1) is 0 Å². The Hall–Kier alpha value is -2.01. The summed E-state index contributed by atoms with van der Waals surface area (Å²) in [4.78, 5) is 11.3. The molecular formula is C14H17NO4. The second-order valence-corrected chi connectivity index (χ2v) is 4.36. The molecule has 0 unspecified atom stereocenters. The summed E-state index contributed by atoms with van der Waals surface area (Å²) in [7, 11) is 3.20. The number of nitrogens with zero attached hydrogens (tertiary/aromatic N) is 1. The van der Waals surface area contributed by atoms with Gasteiger partial charge < -0.3 is 19.1 Å². The number of hydrogen-bond donors (Lipinski definition) is 1. The van der Waals surface area contributed by atoms with Crippen molar-refractivity contribution >= 4 is 16.9 Å². The van der Waals surface area contributed by atoms with E-state index in [2.05, 4.69) is 0 Å². The fraction of sp³-hybridized carbons (Fsp3) is 0.357. The second-order valence-electron chi connectivity index (χ2n) is 4.36. The number of fused-ring (bicyclic) bond motifs is 1. The van der Waals surface area contributed by atoms with Gasteiger partial charge in [-0.25, -0.2) is 4.79 Å². The number of rotatable bonds is 5. The molecule has 0 fully saturated rings. The van der Waals surface area contributed by atoms with Gasteiger partial charge in [-0.05, 0) is 30.7 Å². The molecule has 0 aliphatic carbocycles. The van der Waals surface area contributed by atoms with Gasteiger partial charge in [0.1, 0.15) is 11.4 Å². The largest absolute Gasteiger partial charge is 0.497 e. The van der Waals surface area contributed by atoms with E-state index in [1.54, 1.807) is 24.9 Å². The third-order valence-electron chi connectivity index (χ3n) is 3.13. The van der Waals surface area contributed by atoms with Crippen LogP contribution in [-0.2, 0) is 11.3 Å². The average molecular weight is 263 g/mol. The highest BCUT2D eigenvalue weighted by atomic mass is 16.5. The highest BCUT2D eigenvalue weighted by Gasteiger charge is 2.16. The predicted octanol–water partition coefficient (Wildman–Crippen LogP) is 2.30. The molecule has 2 aromatic rings. The fourth-order valence-corrected chi connectivity index (χ4v) is 2.31. The SMILES string of the molecule is COCCn1c(C(=O)O)cc2cc(OC)cc(C)c21. The van der Waals surface area contributed by atoms with E-state index in [1.807, 2.05) is 19.1 Å². The highest BCUT2D eigenvalue weighted by molar-refractivity contribution is 5.96. The van der Waals surface area contributed by atoms with Crippen LogP contribution in [-0.4, -0.2) is 36.5 Å². The minimum Gasteiger partial charge on any atom is -0.497 e. The normalized spacial score (nSPS) is 10.9. The molecule has 1 N–H and O–H groups in total. The van der Waals surface area contributed by atoms with Gasteiger partial charge in [-0.2, -0.15) is 0 Å². The summed E-state index contributed by atoms with van der Waals surface area (Å²) in [5, 5.41) is 10.2. The van der Waals surface area contributed by atoms with Crippen molar-refractivity contribution in [2.45, 2.75) is 13.5 Å². The Morgan fingerprint density at radius 2 is 2.05 bits per heavy atom. The first kappa shape index (κ1) is 13.4. The zero-order chi connectivity index (χ0) is 14.0. The quantitative estimate of drug-likeness (QED) is 0.899. The van der Waals surface area contributed by atoms with Crippen LogP contribution >= 0.6 is 0 Å². The molecule has 0 bridgehead atoms. The summed E-state index contributed by atoms with van der Waals surface area (Å²) in [5.41, 5.74) is 2.16. The van der Waals surface area contributed by atoms with Crippen LogP contribution in [0.2, 0.25) is 0 Å². The smallest absolute Gasteiger partial charge is 0.352 e. The first-order chi connectivity index (χ1) is 9.08. The van der Waals surface area contributed by atoms with Crippen LogP contribution in [0.15, 0.2) is 18.2 Å². The summed E-state index contributed by atoms with van der Waals surface area (Å²) >= 11 is 0. The Bertz CT molecular complexity index is 615. The van der Waals surface area contributed by atoms with Crippen molar-refractivity contribution in [3.8, 4) is 5.75 Å². The first-order valence-corrected chi connectivity index (χ1v) is 5.98. The van der Waals surface area contributed by atoms with E-state index in [0.717, 1.165) is 22.2 Å². The predicted molar refractivity (Wildman–Crippen MR) is 72.1 cm³/mol. The summed E-state index contributed by atoms with van der Waals surface area (Å²) in [6.45, 7) is 2.92. The summed E-state index contributed by atoms with van der Waals surface area (Å²) in [6.07, 6.45) is 0. The van der Waals surface area contributed by atoms with Gasteiger partial charge in [0, 0.05) is 19.0 Å². The molecular weight excluding hydrogens is 246 g/mol. The number of carboxylic acid groups (broad SMARTS) is 1. The number of hydrogen-bond acceptors (Lipinski definition) is 3. The number of carboxylic acids is 1. The Labute approximate surface area is 111 Å². The average Bonchev–Trinajstić information content (AvgIpc) is 2.75. The maximum absolute atomic E-state index is 11.3. The Morgan fingerprint density at radius 1 is 1.32 bits per heavy atom. The van der Waals surface area contributed by atoms with E-state index >= 15 is 0 Å². The third-order valence-corrected chi connectivity index (χ3v) is 3.13. The number of aryl methyl sites for hydroxylation is 1. The summed E-state index contributed by atoms with van der Waals surface area (Å²) in [6, 6.07) is 5.41. The van der Waals surface area contributed by atoms with Gasteiger partial charge in [0.15, 0.2) is 0 Å². The van der Waals surface area contributed by atoms with Gasteiger partial charge in [-0.1, -0.05) is 0 Å². The molecule has 1 heterocycles. The minimum atomic E-state index is -0.939. The van der Waals surface area contributed by atoms with Gasteiger partial charge in [-0.3, -0.25) is 0 Å². The molecule has 1 aromatic heterocycles. The van der Waals surface area contributed by atoms with Crippen LogP contribution in [0, 0.1) is 6.92 Å². The van der Waals surface area contributed by atoms with E-state index in [9.17, 15) is 9.90 Å². The molecule has 5 nitrogen and oxygen atoms in total. The van der Waals surface area contributed by atoms with Crippen LogP contribution in [0.3, 0.4) is 0 Å². The number of aromatic nitrogens is 1. The number of carbonyl (C=O) groups is 1. The van der Waals surface area contributed by atoms with E-state index in [0.29, 0.717) is 13.2 Å². The van der Waals surface area contributed by atoms with Gasteiger partial charge in [0.05, 0.1) is 19.2 Å². The number of aromatic carboxylic acids is 1. The van der Waals surface area contributed by atoms with Crippen molar-refractivity contribution in [1.29, 1.82) is 0 Å². The number of methoxy groups -OCH3 is 2. The molecule has 19 heavy (non-hydrogen) atoms. The Kier molecular flexibility index (Phi) is 3.76. The van der Waals surface area contributed by atoms with E-state index in [-0.39, 0.29) is 5.69 Å². The molecule has 5 heteroatoms. The third kappa shape index (κ3) is 2.42. The van der Waals surface area contributed by atoms with Crippen LogP contribution in [0.4, 0.5) is 0 Å². The van der Waals surface area contributed by atoms with Gasteiger partial charge in [0.25, 0.3) is 0 Å². The molecule has 0 aliphatic heterocycles. The lowest BCUT2D eigenvalue weighted by atomic mass is 10.1. The monoisotopic (exact) mass is 263 g/mol. The molecule has 102 valence electrons. The maximum atomic E-state index is 11.3. The van der Waals surface area contributed by atoms with E-state index in [1.165, 1.54) is 0 Å². The number of benzene rings is 1. The second kappa shape index (κ2) is 5.32. The Balaban J connectivity index is 2.67. The first-order valence-electron chi connectivity index (χ1n) is 5.98. The van der Waals surface area contributed by atoms with Crippen molar-refractivity contribution < 1.29 is 19.4 Å². The molecule has 0 atom stereocenters. The molecule has 0 saturated heterocycles. The molecule has 1 aromatic carbocycles. The summed E-state index contributed by atoms with van der Waals surface area (Å²) in [5.74, 6) is -0.212. The highest BCUT2D eigenvalue weighted by Crippen LogP contribution is 2.28. The molecule has 0 radical (unpaired) electrons. The van der Waals surface area contributed by atoms with Crippen molar-refractivity contribution in [3.63, 3.8) is 0 Å². The van der Waals surface area contributed by atoms with E-state index in [4.69, 9.17) is 9.47 Å². The van der Waals surface area contributed by atoms with Crippen LogP contribution in [0.5, 0.6) is 5.75 Å². The van der Waals surface area contributed by atoms with Gasteiger partial charge >= 0.3 is 5.97 Å². The van der Waals surface area contributed by atoms with Crippen molar-refractivity contribution in [1.82, 2.24) is 4.57 Å². The number of ether oxygens (including phenoxy) is 2. The van der Waals surface area contributed by atoms with Crippen molar-refractivity contribution in [3.05, 3.63) is 29.5 Å². The molecule has 0 saturated carbocycles. The zero-order valence-electron chi connectivity index (χ0n) is 11.3. The van der Waals surface area contributed by atoms with E-state index < -0.39 is 5.97 Å². The topological polar surface area (TPSA) is 60.7 Å². The van der Waals surface area contributed by atoms with Crippen LogP contribution in [0.1, 0.15) is 16.1 Å². The zero-order valence-corrected chi connectivity index (χ0v) is 11.3. The molecule has 2 rings (SSSR count). The van der Waals surface area contributed by atoms with Crippen LogP contribution in [0.25, 0.3) is 10.9 Å².